The average Bonchev–Trinajstić information content (AvgIpc) is 2.70. The maximum Gasteiger partial charge on any atom is 0.321 e. The van der Waals surface area contributed by atoms with Gasteiger partial charge in [-0.15, -0.1) is 0 Å². The number of rotatable bonds is 4. The molecule has 1 aliphatic rings. The summed E-state index contributed by atoms with van der Waals surface area (Å²) in [5.74, 6) is -2.11. The molecule has 0 bridgehead atoms. The molecule has 132 valence electrons. The summed E-state index contributed by atoms with van der Waals surface area (Å²) in [5, 5.41) is 18.1. The first kappa shape index (κ1) is 17.2. The van der Waals surface area contributed by atoms with E-state index in [1.54, 1.807) is 11.8 Å². The van der Waals surface area contributed by atoms with E-state index in [-0.39, 0.29) is 6.42 Å². The van der Waals surface area contributed by atoms with Gasteiger partial charge in [0.1, 0.15) is 5.92 Å². The largest absolute Gasteiger partial charge is 0.480 e. The van der Waals surface area contributed by atoms with Crippen molar-refractivity contribution in [3.05, 3.63) is 78.4 Å². The molecule has 0 amide bonds. The molecule has 1 heterocycles. The van der Waals surface area contributed by atoms with Crippen molar-refractivity contribution in [2.24, 2.45) is 5.92 Å². The number of carboxylic acid groups (broad SMARTS) is 1. The van der Waals surface area contributed by atoms with Gasteiger partial charge in [0.25, 0.3) is 0 Å². The fraction of sp³-hybridized carbons (Fsp3) is 0.0909. The van der Waals surface area contributed by atoms with Crippen LogP contribution >= 0.6 is 11.8 Å². The van der Waals surface area contributed by atoms with Gasteiger partial charge in [0, 0.05) is 15.5 Å². The van der Waals surface area contributed by atoms with Crippen LogP contribution in [-0.4, -0.2) is 11.1 Å². The average molecular weight is 372 g/mol. The van der Waals surface area contributed by atoms with E-state index in [0.717, 1.165) is 22.6 Å². The van der Waals surface area contributed by atoms with Gasteiger partial charge in [0.15, 0.2) is 0 Å². The molecule has 3 aromatic carbocycles. The van der Waals surface area contributed by atoms with Crippen molar-refractivity contribution in [3.63, 3.8) is 0 Å². The van der Waals surface area contributed by atoms with Gasteiger partial charge in [-0.3, -0.25) is 4.79 Å². The smallest absolute Gasteiger partial charge is 0.321 e. The lowest BCUT2D eigenvalue weighted by atomic mass is 10.0. The van der Waals surface area contributed by atoms with Crippen LogP contribution in [0.4, 0.5) is 17.1 Å². The third-order valence-corrected chi connectivity index (χ3v) is 5.65. The van der Waals surface area contributed by atoms with Crippen molar-refractivity contribution in [3.8, 4) is 6.07 Å². The molecule has 0 saturated carbocycles. The zero-order valence-electron chi connectivity index (χ0n) is 14.4. The summed E-state index contributed by atoms with van der Waals surface area (Å²) in [5.41, 5.74) is 4.08. The normalized spacial score (nSPS) is 13.2. The first-order valence-electron chi connectivity index (χ1n) is 8.55. The molecule has 4 rings (SSSR count). The number of hydrogen-bond acceptors (Lipinski definition) is 4. The van der Waals surface area contributed by atoms with Crippen LogP contribution in [0.5, 0.6) is 0 Å². The molecule has 0 aliphatic carbocycles. The number of hydrogen-bond donors (Lipinski definition) is 1. The molecular formula is C22H16N2O2S. The monoisotopic (exact) mass is 372 g/mol. The molecule has 1 N–H and O–H groups in total. The quantitative estimate of drug-likeness (QED) is 0.520. The molecule has 0 fully saturated rings. The van der Waals surface area contributed by atoms with Gasteiger partial charge in [-0.25, -0.2) is 0 Å². The molecule has 1 unspecified atom stereocenters. The Balaban J connectivity index is 1.72. The molecule has 27 heavy (non-hydrogen) atoms. The SMILES string of the molecule is N#CC(Cc1ccc(N2c3ccccc3Sc3ccccc32)cc1)C(=O)O. The maximum atomic E-state index is 11.1. The number of nitriles is 1. The van der Waals surface area contributed by atoms with E-state index in [2.05, 4.69) is 29.2 Å². The molecule has 1 atom stereocenters. The molecule has 1 aliphatic heterocycles. The van der Waals surface area contributed by atoms with Crippen LogP contribution in [0.2, 0.25) is 0 Å². The first-order chi connectivity index (χ1) is 13.2. The molecule has 4 nitrogen and oxygen atoms in total. The predicted molar refractivity (Wildman–Crippen MR) is 106 cm³/mol. The van der Waals surface area contributed by atoms with Gasteiger partial charge in [0.2, 0.25) is 0 Å². The highest BCUT2D eigenvalue weighted by atomic mass is 32.2. The summed E-state index contributed by atoms with van der Waals surface area (Å²) in [6.45, 7) is 0. The summed E-state index contributed by atoms with van der Waals surface area (Å²) in [6, 6.07) is 26.2. The minimum atomic E-state index is -1.09. The van der Waals surface area contributed by atoms with E-state index in [0.29, 0.717) is 0 Å². The highest BCUT2D eigenvalue weighted by Gasteiger charge is 2.24. The lowest BCUT2D eigenvalue weighted by Gasteiger charge is -2.32. The van der Waals surface area contributed by atoms with Gasteiger partial charge < -0.3 is 10.0 Å². The second-order valence-corrected chi connectivity index (χ2v) is 7.35. The fourth-order valence-corrected chi connectivity index (χ4v) is 4.25. The third-order valence-electron chi connectivity index (χ3n) is 4.52. The zero-order valence-corrected chi connectivity index (χ0v) is 15.2. The molecular weight excluding hydrogens is 356 g/mol. The van der Waals surface area contributed by atoms with Crippen molar-refractivity contribution < 1.29 is 9.90 Å². The van der Waals surface area contributed by atoms with Gasteiger partial charge >= 0.3 is 5.97 Å². The van der Waals surface area contributed by atoms with Crippen molar-refractivity contribution in [1.82, 2.24) is 0 Å². The van der Waals surface area contributed by atoms with E-state index in [9.17, 15) is 4.79 Å². The number of carbonyl (C=O) groups is 1. The van der Waals surface area contributed by atoms with Gasteiger partial charge in [-0.2, -0.15) is 5.26 Å². The number of para-hydroxylation sites is 2. The molecule has 0 radical (unpaired) electrons. The van der Waals surface area contributed by atoms with Crippen molar-refractivity contribution in [2.75, 3.05) is 4.90 Å². The number of anilines is 3. The van der Waals surface area contributed by atoms with Crippen LogP contribution in [-0.2, 0) is 11.2 Å². The fourth-order valence-electron chi connectivity index (χ4n) is 3.19. The Kier molecular flexibility index (Phi) is 4.57. The van der Waals surface area contributed by atoms with Crippen molar-refractivity contribution in [2.45, 2.75) is 16.2 Å². The molecule has 5 heteroatoms. The van der Waals surface area contributed by atoms with Crippen molar-refractivity contribution >= 4 is 34.8 Å². The van der Waals surface area contributed by atoms with Crippen LogP contribution < -0.4 is 4.90 Å². The minimum absolute atomic E-state index is 0.204. The Labute approximate surface area is 161 Å². The summed E-state index contributed by atoms with van der Waals surface area (Å²) in [4.78, 5) is 15.7. The minimum Gasteiger partial charge on any atom is -0.480 e. The van der Waals surface area contributed by atoms with Crippen LogP contribution in [0.15, 0.2) is 82.6 Å². The van der Waals surface area contributed by atoms with E-state index >= 15 is 0 Å². The Morgan fingerprint density at radius 2 is 1.52 bits per heavy atom. The third kappa shape index (κ3) is 3.27. The summed E-state index contributed by atoms with van der Waals surface area (Å²) in [7, 11) is 0. The first-order valence-corrected chi connectivity index (χ1v) is 9.36. The predicted octanol–water partition coefficient (Wildman–Crippen LogP) is 5.39. The van der Waals surface area contributed by atoms with E-state index < -0.39 is 11.9 Å². The highest BCUT2D eigenvalue weighted by Crippen LogP contribution is 2.50. The van der Waals surface area contributed by atoms with Crippen molar-refractivity contribution in [1.29, 1.82) is 5.26 Å². The molecule has 3 aromatic rings. The Hall–Kier alpha value is -3.23. The number of carboxylic acids is 1. The Morgan fingerprint density at radius 1 is 0.963 bits per heavy atom. The second kappa shape index (κ2) is 7.18. The Morgan fingerprint density at radius 3 is 2.04 bits per heavy atom. The number of benzene rings is 3. The highest BCUT2D eigenvalue weighted by molar-refractivity contribution is 7.99. The zero-order chi connectivity index (χ0) is 18.8. The van der Waals surface area contributed by atoms with Crippen LogP contribution in [0, 0.1) is 17.2 Å². The van der Waals surface area contributed by atoms with E-state index in [1.165, 1.54) is 9.79 Å². The standard InChI is InChI=1S/C22H16N2O2S/c23-14-16(22(25)26)13-15-9-11-17(12-10-15)24-18-5-1-3-7-20(18)27-21-8-4-2-6-19(21)24/h1-12,16H,13H2,(H,25,26). The summed E-state index contributed by atoms with van der Waals surface area (Å²) >= 11 is 1.76. The van der Waals surface area contributed by atoms with Crippen LogP contribution in [0.25, 0.3) is 0 Å². The summed E-state index contributed by atoms with van der Waals surface area (Å²) < 4.78 is 0. The van der Waals surface area contributed by atoms with Crippen LogP contribution in [0.3, 0.4) is 0 Å². The number of fused-ring (bicyclic) bond motifs is 2. The lowest BCUT2D eigenvalue weighted by Crippen LogP contribution is -2.15. The topological polar surface area (TPSA) is 64.3 Å². The number of aliphatic carboxylic acids is 1. The second-order valence-electron chi connectivity index (χ2n) is 6.26. The van der Waals surface area contributed by atoms with E-state index in [4.69, 9.17) is 10.4 Å². The summed E-state index contributed by atoms with van der Waals surface area (Å²) in [6.07, 6.45) is 0.204. The molecule has 0 spiro atoms. The van der Waals surface area contributed by atoms with Gasteiger partial charge in [-0.05, 0) is 48.4 Å². The van der Waals surface area contributed by atoms with Crippen LogP contribution in [0.1, 0.15) is 5.56 Å². The molecule has 0 aromatic heterocycles. The van der Waals surface area contributed by atoms with Gasteiger partial charge in [0.05, 0.1) is 17.4 Å². The van der Waals surface area contributed by atoms with E-state index in [1.807, 2.05) is 54.6 Å². The van der Waals surface area contributed by atoms with Gasteiger partial charge in [-0.1, -0.05) is 48.2 Å². The Bertz CT molecular complexity index is 995. The lowest BCUT2D eigenvalue weighted by molar-refractivity contribution is -0.139. The molecule has 0 saturated heterocycles. The maximum absolute atomic E-state index is 11.1. The number of nitrogens with zero attached hydrogens (tertiary/aromatic N) is 2.